The molecule has 5 heteroatoms. The molecule has 0 unspecified atom stereocenters. The van der Waals surface area contributed by atoms with Crippen molar-refractivity contribution in [2.75, 3.05) is 31.7 Å². The number of methoxy groups -OCH3 is 1. The van der Waals surface area contributed by atoms with Gasteiger partial charge in [0.1, 0.15) is 11.5 Å². The number of aromatic nitrogens is 2. The molecule has 1 aromatic heterocycles. The van der Waals surface area contributed by atoms with Gasteiger partial charge in [-0.2, -0.15) is 5.10 Å². The van der Waals surface area contributed by atoms with Crippen molar-refractivity contribution in [1.82, 2.24) is 10.2 Å². The Balaban J connectivity index is 1.40. The van der Waals surface area contributed by atoms with Crippen LogP contribution in [0.1, 0.15) is 24.1 Å². The van der Waals surface area contributed by atoms with E-state index in [1.165, 1.54) is 18.4 Å². The van der Waals surface area contributed by atoms with Crippen LogP contribution in [0.25, 0.3) is 0 Å². The number of benzene rings is 1. The third-order valence-electron chi connectivity index (χ3n) is 4.89. The van der Waals surface area contributed by atoms with E-state index in [1.807, 2.05) is 12.1 Å². The van der Waals surface area contributed by atoms with E-state index in [0.29, 0.717) is 5.92 Å². The lowest BCUT2D eigenvalue weighted by Crippen LogP contribution is -2.24. The minimum Gasteiger partial charge on any atom is -0.497 e. The Hall–Kier alpha value is -2.30. The molecule has 1 atom stereocenters. The molecule has 0 radical (unpaired) electrons. The molecule has 0 amide bonds. The first-order valence-electron chi connectivity index (χ1n) is 8.69. The zero-order chi connectivity index (χ0) is 16.4. The number of hydrogen-bond donors (Lipinski definition) is 0. The van der Waals surface area contributed by atoms with Crippen molar-refractivity contribution in [2.24, 2.45) is 5.92 Å². The van der Waals surface area contributed by atoms with Crippen molar-refractivity contribution in [2.45, 2.75) is 25.7 Å². The molecule has 2 aromatic rings. The van der Waals surface area contributed by atoms with Crippen molar-refractivity contribution in [3.63, 3.8) is 0 Å². The van der Waals surface area contributed by atoms with Crippen LogP contribution >= 0.6 is 0 Å². The number of nitrogens with zero attached hydrogens (tertiary/aromatic N) is 3. The Morgan fingerprint density at radius 1 is 1.17 bits per heavy atom. The molecule has 1 saturated heterocycles. The van der Waals surface area contributed by atoms with Crippen LogP contribution in [0.3, 0.4) is 0 Å². The molecule has 2 aliphatic rings. The predicted octanol–water partition coefficient (Wildman–Crippen LogP) is 2.88. The Morgan fingerprint density at radius 3 is 2.79 bits per heavy atom. The summed E-state index contributed by atoms with van der Waals surface area (Å²) in [6.45, 7) is 2.92. The van der Waals surface area contributed by atoms with Crippen LogP contribution < -0.4 is 14.4 Å². The Kier molecular flexibility index (Phi) is 4.24. The van der Waals surface area contributed by atoms with Crippen LogP contribution in [0.4, 0.5) is 5.82 Å². The third-order valence-corrected chi connectivity index (χ3v) is 4.89. The van der Waals surface area contributed by atoms with E-state index in [4.69, 9.17) is 9.47 Å². The smallest absolute Gasteiger partial charge is 0.151 e. The van der Waals surface area contributed by atoms with E-state index in [9.17, 15) is 0 Å². The molecule has 0 N–H and O–H groups in total. The fourth-order valence-corrected chi connectivity index (χ4v) is 3.55. The first kappa shape index (κ1) is 15.2. The molecule has 3 heterocycles. The molecular formula is C19H23N3O2. The van der Waals surface area contributed by atoms with Gasteiger partial charge in [-0.25, -0.2) is 0 Å². The zero-order valence-corrected chi connectivity index (χ0v) is 14.1. The number of hydrogen-bond acceptors (Lipinski definition) is 5. The molecule has 0 aliphatic carbocycles. The Morgan fingerprint density at radius 2 is 2.04 bits per heavy atom. The van der Waals surface area contributed by atoms with Crippen LogP contribution in [0.5, 0.6) is 11.5 Å². The fraction of sp³-hybridized carbons (Fsp3) is 0.474. The summed E-state index contributed by atoms with van der Waals surface area (Å²) in [5, 5.41) is 8.85. The summed E-state index contributed by atoms with van der Waals surface area (Å²) in [4.78, 5) is 2.31. The number of anilines is 1. The SMILES string of the molecule is COc1ccc2c(c1)OC[C@@H](Cc1ccc(N3CCCC3)nn1)C2. The summed E-state index contributed by atoms with van der Waals surface area (Å²) in [6.07, 6.45) is 4.42. The van der Waals surface area contributed by atoms with Crippen LogP contribution in [0, 0.1) is 5.92 Å². The summed E-state index contributed by atoms with van der Waals surface area (Å²) >= 11 is 0. The first-order chi connectivity index (χ1) is 11.8. The minimum absolute atomic E-state index is 0.442. The number of fused-ring (bicyclic) bond motifs is 1. The molecule has 0 spiro atoms. The maximum atomic E-state index is 5.92. The highest BCUT2D eigenvalue weighted by atomic mass is 16.5. The Labute approximate surface area is 142 Å². The fourth-order valence-electron chi connectivity index (χ4n) is 3.55. The lowest BCUT2D eigenvalue weighted by molar-refractivity contribution is 0.219. The largest absolute Gasteiger partial charge is 0.497 e. The van der Waals surface area contributed by atoms with Crippen molar-refractivity contribution in [3.8, 4) is 11.5 Å². The summed E-state index contributed by atoms with van der Waals surface area (Å²) in [5.74, 6) is 3.24. The number of rotatable bonds is 4. The standard InChI is InChI=1S/C19H23N3O2/c1-23-17-6-4-15-10-14(13-24-18(15)12-17)11-16-5-7-19(21-20-16)22-8-2-3-9-22/h4-7,12,14H,2-3,8-11,13H2,1H3/t14-/m1/s1. The molecule has 2 aliphatic heterocycles. The Bertz CT molecular complexity index is 696. The van der Waals surface area contributed by atoms with E-state index in [-0.39, 0.29) is 0 Å². The molecule has 5 nitrogen and oxygen atoms in total. The molecule has 1 aromatic carbocycles. The van der Waals surface area contributed by atoms with Crippen molar-refractivity contribution in [3.05, 3.63) is 41.6 Å². The lowest BCUT2D eigenvalue weighted by Gasteiger charge is -2.25. The van der Waals surface area contributed by atoms with Crippen molar-refractivity contribution < 1.29 is 9.47 Å². The first-order valence-corrected chi connectivity index (χ1v) is 8.69. The topological polar surface area (TPSA) is 47.5 Å². The monoisotopic (exact) mass is 325 g/mol. The van der Waals surface area contributed by atoms with Gasteiger partial charge in [0.15, 0.2) is 5.82 Å². The van der Waals surface area contributed by atoms with Gasteiger partial charge in [-0.1, -0.05) is 6.07 Å². The van der Waals surface area contributed by atoms with Gasteiger partial charge < -0.3 is 14.4 Å². The van der Waals surface area contributed by atoms with E-state index >= 15 is 0 Å². The molecular weight excluding hydrogens is 302 g/mol. The summed E-state index contributed by atoms with van der Waals surface area (Å²) < 4.78 is 11.2. The quantitative estimate of drug-likeness (QED) is 0.865. The second-order valence-electron chi connectivity index (χ2n) is 6.64. The molecule has 126 valence electrons. The van der Waals surface area contributed by atoms with Crippen LogP contribution in [0.15, 0.2) is 30.3 Å². The number of ether oxygens (including phenoxy) is 2. The average Bonchev–Trinajstić information content (AvgIpc) is 3.16. The highest BCUT2D eigenvalue weighted by Crippen LogP contribution is 2.32. The predicted molar refractivity (Wildman–Crippen MR) is 92.9 cm³/mol. The second kappa shape index (κ2) is 6.67. The molecule has 0 saturated carbocycles. The second-order valence-corrected chi connectivity index (χ2v) is 6.64. The van der Waals surface area contributed by atoms with Crippen LogP contribution in [-0.2, 0) is 12.8 Å². The van der Waals surface area contributed by atoms with Crippen LogP contribution in [0.2, 0.25) is 0 Å². The van der Waals surface area contributed by atoms with Gasteiger partial charge in [-0.15, -0.1) is 5.10 Å². The van der Waals surface area contributed by atoms with Gasteiger partial charge in [-0.3, -0.25) is 0 Å². The normalized spacial score (nSPS) is 19.7. The van der Waals surface area contributed by atoms with Gasteiger partial charge in [0, 0.05) is 25.1 Å². The zero-order valence-electron chi connectivity index (χ0n) is 14.1. The van der Waals surface area contributed by atoms with Crippen molar-refractivity contribution >= 4 is 5.82 Å². The third kappa shape index (κ3) is 3.16. The van der Waals surface area contributed by atoms with Crippen LogP contribution in [-0.4, -0.2) is 37.0 Å². The molecule has 0 bridgehead atoms. The summed E-state index contributed by atoms with van der Waals surface area (Å²) in [6, 6.07) is 10.3. The molecule has 4 rings (SSSR count). The van der Waals surface area contributed by atoms with E-state index < -0.39 is 0 Å². The maximum Gasteiger partial charge on any atom is 0.151 e. The van der Waals surface area contributed by atoms with Gasteiger partial charge in [-0.05, 0) is 49.4 Å². The highest BCUT2D eigenvalue weighted by Gasteiger charge is 2.21. The van der Waals surface area contributed by atoms with Gasteiger partial charge >= 0.3 is 0 Å². The van der Waals surface area contributed by atoms with E-state index in [1.54, 1.807) is 7.11 Å². The van der Waals surface area contributed by atoms with Gasteiger partial charge in [0.05, 0.1) is 19.4 Å². The molecule has 24 heavy (non-hydrogen) atoms. The minimum atomic E-state index is 0.442. The maximum absolute atomic E-state index is 5.92. The molecule has 1 fully saturated rings. The van der Waals surface area contributed by atoms with Gasteiger partial charge in [0.25, 0.3) is 0 Å². The van der Waals surface area contributed by atoms with E-state index in [2.05, 4.69) is 33.3 Å². The van der Waals surface area contributed by atoms with E-state index in [0.717, 1.165) is 55.5 Å². The van der Waals surface area contributed by atoms with Gasteiger partial charge in [0.2, 0.25) is 0 Å². The highest BCUT2D eigenvalue weighted by molar-refractivity contribution is 5.42. The summed E-state index contributed by atoms with van der Waals surface area (Å²) in [7, 11) is 1.68. The lowest BCUT2D eigenvalue weighted by atomic mass is 9.92. The van der Waals surface area contributed by atoms with Crippen molar-refractivity contribution in [1.29, 1.82) is 0 Å². The average molecular weight is 325 g/mol. The summed E-state index contributed by atoms with van der Waals surface area (Å²) in [5.41, 5.74) is 2.29.